The third kappa shape index (κ3) is 5.68. The molecule has 6 aliphatic rings. The van der Waals surface area contributed by atoms with Crippen LogP contribution in [0, 0.1) is 40.4 Å². The number of ketones is 1. The average molecular weight is 635 g/mol. The van der Waals surface area contributed by atoms with E-state index < -0.39 is 41.6 Å². The standard InChI is InChI=1S/C38H50O8/c1-20(2)23-9-10-25-33(44-22(4)39)31(45-34(25)41)14-21(3)13-29(40)26-18-38(46-30(15-23)32(26)35(42)43-8)12-11-27-28(38)19-36(5,6)16-24-17-37(24,27)7/h10,13,23-24,26-28,31,33H,1,9,11-12,14-19H2,2-8H3/b21-13-,25-10-/t23-,24+,26+,27-,28+,31+,33-,37-,38-/m0/s1. The van der Waals surface area contributed by atoms with Gasteiger partial charge in [-0.3, -0.25) is 9.59 Å². The van der Waals surface area contributed by atoms with E-state index in [4.69, 9.17) is 18.9 Å². The van der Waals surface area contributed by atoms with Gasteiger partial charge < -0.3 is 18.9 Å². The molecule has 9 atom stereocenters. The molecule has 0 aromatic carbocycles. The molecule has 250 valence electrons. The summed E-state index contributed by atoms with van der Waals surface area (Å²) in [5.41, 5.74) is 2.00. The van der Waals surface area contributed by atoms with Gasteiger partial charge in [0.15, 0.2) is 11.9 Å². The van der Waals surface area contributed by atoms with Crippen molar-refractivity contribution in [1.29, 1.82) is 0 Å². The smallest absolute Gasteiger partial charge is 0.338 e. The summed E-state index contributed by atoms with van der Waals surface area (Å²) in [6.07, 6.45) is 8.48. The van der Waals surface area contributed by atoms with Gasteiger partial charge in [-0.2, -0.15) is 0 Å². The molecular weight excluding hydrogens is 584 g/mol. The molecule has 1 spiro atoms. The molecule has 1 saturated heterocycles. The Morgan fingerprint density at radius 2 is 1.76 bits per heavy atom. The topological polar surface area (TPSA) is 105 Å². The quantitative estimate of drug-likeness (QED) is 0.191. The van der Waals surface area contributed by atoms with E-state index in [9.17, 15) is 19.2 Å². The summed E-state index contributed by atoms with van der Waals surface area (Å²) in [5, 5.41) is 0. The predicted octanol–water partition coefficient (Wildman–Crippen LogP) is 6.74. The Kier molecular flexibility index (Phi) is 8.20. The number of fused-ring (bicyclic) bond motifs is 7. The molecule has 0 aromatic heterocycles. The molecule has 46 heavy (non-hydrogen) atoms. The molecule has 6 rings (SSSR count). The zero-order valence-corrected chi connectivity index (χ0v) is 28.5. The maximum atomic E-state index is 14.4. The lowest BCUT2D eigenvalue weighted by Gasteiger charge is -2.47. The molecule has 0 amide bonds. The number of esters is 3. The Morgan fingerprint density at radius 1 is 1.02 bits per heavy atom. The molecule has 4 bridgehead atoms. The molecule has 0 aromatic rings. The molecule has 4 aliphatic carbocycles. The summed E-state index contributed by atoms with van der Waals surface area (Å²) in [6.45, 7) is 16.5. The van der Waals surface area contributed by atoms with E-state index in [0.29, 0.717) is 47.5 Å². The van der Waals surface area contributed by atoms with Crippen molar-refractivity contribution in [2.24, 2.45) is 40.4 Å². The Balaban J connectivity index is 1.47. The molecule has 8 nitrogen and oxygen atoms in total. The van der Waals surface area contributed by atoms with Crippen LogP contribution in [0.4, 0.5) is 0 Å². The Bertz CT molecular complexity index is 1460. The van der Waals surface area contributed by atoms with Crippen molar-refractivity contribution in [1.82, 2.24) is 0 Å². The Hall–Kier alpha value is -3.16. The number of carbonyl (C=O) groups excluding carboxylic acids is 4. The molecule has 0 N–H and O–H groups in total. The lowest BCUT2D eigenvalue weighted by atomic mass is 9.67. The first kappa shape index (κ1) is 32.8. The van der Waals surface area contributed by atoms with Crippen LogP contribution in [-0.4, -0.2) is 48.6 Å². The van der Waals surface area contributed by atoms with Gasteiger partial charge in [0.05, 0.1) is 24.2 Å². The molecule has 8 heteroatoms. The minimum absolute atomic E-state index is 0.152. The molecule has 2 heterocycles. The van der Waals surface area contributed by atoms with Crippen LogP contribution in [0.5, 0.6) is 0 Å². The van der Waals surface area contributed by atoms with Gasteiger partial charge in [-0.1, -0.05) is 44.6 Å². The van der Waals surface area contributed by atoms with E-state index in [1.807, 2.05) is 13.8 Å². The molecule has 3 saturated carbocycles. The summed E-state index contributed by atoms with van der Waals surface area (Å²) < 4.78 is 23.9. The van der Waals surface area contributed by atoms with Gasteiger partial charge in [-0.05, 0) is 87.0 Å². The number of rotatable bonds is 3. The van der Waals surface area contributed by atoms with Crippen molar-refractivity contribution < 1.29 is 38.1 Å². The lowest BCUT2D eigenvalue weighted by Crippen LogP contribution is -2.48. The van der Waals surface area contributed by atoms with Crippen molar-refractivity contribution in [3.05, 3.63) is 46.8 Å². The fraction of sp³-hybridized carbons (Fsp3) is 0.684. The minimum Gasteiger partial charge on any atom is -0.491 e. The zero-order valence-electron chi connectivity index (χ0n) is 28.5. The van der Waals surface area contributed by atoms with Crippen LogP contribution >= 0.6 is 0 Å². The van der Waals surface area contributed by atoms with Crippen molar-refractivity contribution in [3.8, 4) is 0 Å². The second-order valence-electron chi connectivity index (χ2n) is 16.2. The Labute approximate surface area is 273 Å². The van der Waals surface area contributed by atoms with Crippen LogP contribution in [-0.2, 0) is 38.1 Å². The number of carbonyl (C=O) groups is 4. The van der Waals surface area contributed by atoms with Crippen molar-refractivity contribution in [2.45, 2.75) is 117 Å². The number of allylic oxidation sites excluding steroid dienone is 4. The number of hydrogen-bond donors (Lipinski definition) is 0. The molecular formula is C38H50O8. The summed E-state index contributed by atoms with van der Waals surface area (Å²) >= 11 is 0. The normalized spacial score (nSPS) is 42.1. The van der Waals surface area contributed by atoms with E-state index >= 15 is 0 Å². The highest BCUT2D eigenvalue weighted by molar-refractivity contribution is 6.03. The van der Waals surface area contributed by atoms with Gasteiger partial charge in [0.1, 0.15) is 17.5 Å². The number of hydrogen-bond acceptors (Lipinski definition) is 8. The van der Waals surface area contributed by atoms with E-state index in [0.717, 1.165) is 30.8 Å². The first-order valence-electron chi connectivity index (χ1n) is 17.0. The van der Waals surface area contributed by atoms with Gasteiger partial charge in [0.2, 0.25) is 0 Å². The highest BCUT2D eigenvalue weighted by atomic mass is 16.6. The molecule has 0 unspecified atom stereocenters. The highest BCUT2D eigenvalue weighted by Gasteiger charge is 2.67. The van der Waals surface area contributed by atoms with Crippen LogP contribution in [0.15, 0.2) is 46.8 Å². The molecule has 2 aliphatic heterocycles. The van der Waals surface area contributed by atoms with Crippen LogP contribution < -0.4 is 0 Å². The number of methoxy groups -OCH3 is 1. The minimum atomic E-state index is -0.873. The third-order valence-electron chi connectivity index (χ3n) is 12.3. The average Bonchev–Trinajstić information content (AvgIpc) is 3.37. The number of ether oxygens (including phenoxy) is 4. The largest absolute Gasteiger partial charge is 0.491 e. The highest BCUT2D eigenvalue weighted by Crippen LogP contribution is 2.72. The lowest BCUT2D eigenvalue weighted by molar-refractivity contribution is -0.150. The monoisotopic (exact) mass is 634 g/mol. The summed E-state index contributed by atoms with van der Waals surface area (Å²) in [4.78, 5) is 53.1. The predicted molar refractivity (Wildman–Crippen MR) is 171 cm³/mol. The SMILES string of the molecule is C=C(C)[C@H]1C/C=C2\C(=O)O[C@H](C/C(C)=C\C(=O)[C@H]3C[C@]4(CC[C@H]5[C@H]4CC(C)(C)C[C@@H]4C[C@@]45C)OC(=C3C(=O)OC)C1)[C@H]2OC(C)=O. The van der Waals surface area contributed by atoms with E-state index in [1.165, 1.54) is 26.9 Å². The van der Waals surface area contributed by atoms with Crippen molar-refractivity contribution >= 4 is 23.7 Å². The van der Waals surface area contributed by atoms with Gasteiger partial charge in [0.25, 0.3) is 0 Å². The van der Waals surface area contributed by atoms with Crippen LogP contribution in [0.1, 0.15) is 99.3 Å². The fourth-order valence-electron chi connectivity index (χ4n) is 9.89. The maximum Gasteiger partial charge on any atom is 0.338 e. The third-order valence-corrected chi connectivity index (χ3v) is 12.3. The van der Waals surface area contributed by atoms with Crippen LogP contribution in [0.2, 0.25) is 0 Å². The van der Waals surface area contributed by atoms with E-state index in [1.54, 1.807) is 12.2 Å². The van der Waals surface area contributed by atoms with Crippen LogP contribution in [0.3, 0.4) is 0 Å². The first-order valence-corrected chi connectivity index (χ1v) is 17.0. The molecule has 4 fully saturated rings. The van der Waals surface area contributed by atoms with E-state index in [2.05, 4.69) is 27.4 Å². The maximum absolute atomic E-state index is 14.4. The van der Waals surface area contributed by atoms with Crippen molar-refractivity contribution in [2.75, 3.05) is 7.11 Å². The summed E-state index contributed by atoms with van der Waals surface area (Å²) in [7, 11) is 1.35. The fourth-order valence-corrected chi connectivity index (χ4v) is 9.89. The zero-order chi connectivity index (χ0) is 33.3. The van der Waals surface area contributed by atoms with E-state index in [-0.39, 0.29) is 35.0 Å². The summed E-state index contributed by atoms with van der Waals surface area (Å²) in [6, 6.07) is 0. The molecule has 0 radical (unpaired) electrons. The first-order chi connectivity index (χ1) is 21.6. The Morgan fingerprint density at radius 3 is 2.43 bits per heavy atom. The van der Waals surface area contributed by atoms with Gasteiger partial charge in [-0.15, -0.1) is 0 Å². The second kappa shape index (κ2) is 11.5. The second-order valence-corrected chi connectivity index (χ2v) is 16.2. The van der Waals surface area contributed by atoms with Gasteiger partial charge in [-0.25, -0.2) is 9.59 Å². The van der Waals surface area contributed by atoms with Gasteiger partial charge in [0, 0.05) is 32.1 Å². The van der Waals surface area contributed by atoms with Crippen LogP contribution in [0.25, 0.3) is 0 Å². The van der Waals surface area contributed by atoms with Gasteiger partial charge >= 0.3 is 17.9 Å². The summed E-state index contributed by atoms with van der Waals surface area (Å²) in [5.74, 6) is -0.704. The van der Waals surface area contributed by atoms with Crippen molar-refractivity contribution in [3.63, 3.8) is 0 Å².